The largest absolute Gasteiger partial charge is 0.352 e. The fourth-order valence-corrected chi connectivity index (χ4v) is 5.55. The van der Waals surface area contributed by atoms with Crippen LogP contribution in [-0.4, -0.2) is 50.3 Å². The van der Waals surface area contributed by atoms with Crippen molar-refractivity contribution in [1.29, 1.82) is 0 Å². The molecule has 1 N–H and O–H groups in total. The minimum atomic E-state index is -4.12. The number of nitrogens with zero attached hydrogens (tertiary/aromatic N) is 2. The standard InChI is InChI=1S/C29H34ClN3O4S/c1-21(2)31-29(35)23(4)32(18-17-24-10-6-5-7-11-24)28(34)20-33(26-12-8-9-22(3)19-26)38(36,37)27-15-13-25(30)14-16-27/h5-16,19,21,23H,17-18,20H2,1-4H3,(H,31,35)/t23-/m0/s1. The van der Waals surface area contributed by atoms with Crippen LogP contribution in [0.1, 0.15) is 31.9 Å². The summed E-state index contributed by atoms with van der Waals surface area (Å²) in [6.07, 6.45) is 0.514. The molecule has 0 aliphatic rings. The van der Waals surface area contributed by atoms with Gasteiger partial charge >= 0.3 is 0 Å². The number of carbonyl (C=O) groups is 2. The number of rotatable bonds is 11. The van der Waals surface area contributed by atoms with Gasteiger partial charge < -0.3 is 10.2 Å². The Balaban J connectivity index is 1.98. The van der Waals surface area contributed by atoms with Crippen LogP contribution in [0, 0.1) is 6.92 Å². The Labute approximate surface area is 230 Å². The van der Waals surface area contributed by atoms with E-state index in [1.54, 1.807) is 25.1 Å². The third-order valence-corrected chi connectivity index (χ3v) is 8.09. The zero-order chi connectivity index (χ0) is 27.9. The minimum absolute atomic E-state index is 0.0117. The van der Waals surface area contributed by atoms with Crippen molar-refractivity contribution in [2.75, 3.05) is 17.4 Å². The van der Waals surface area contributed by atoms with E-state index in [0.717, 1.165) is 15.4 Å². The molecule has 0 radical (unpaired) electrons. The van der Waals surface area contributed by atoms with E-state index in [4.69, 9.17) is 11.6 Å². The number of carbonyl (C=O) groups excluding carboxylic acids is 2. The van der Waals surface area contributed by atoms with E-state index >= 15 is 0 Å². The molecule has 0 saturated carbocycles. The highest BCUT2D eigenvalue weighted by atomic mass is 35.5. The van der Waals surface area contributed by atoms with Crippen molar-refractivity contribution in [2.24, 2.45) is 0 Å². The second-order valence-electron chi connectivity index (χ2n) is 9.47. The number of hydrogen-bond acceptors (Lipinski definition) is 4. The van der Waals surface area contributed by atoms with Gasteiger partial charge in [-0.25, -0.2) is 8.42 Å². The lowest BCUT2D eigenvalue weighted by Gasteiger charge is -2.32. The van der Waals surface area contributed by atoms with E-state index in [1.165, 1.54) is 29.2 Å². The highest BCUT2D eigenvalue weighted by Crippen LogP contribution is 2.26. The summed E-state index contributed by atoms with van der Waals surface area (Å²) in [5.41, 5.74) is 2.21. The molecule has 0 aliphatic heterocycles. The molecule has 38 heavy (non-hydrogen) atoms. The highest BCUT2D eigenvalue weighted by molar-refractivity contribution is 7.92. The van der Waals surface area contributed by atoms with Crippen molar-refractivity contribution in [2.45, 2.75) is 51.1 Å². The van der Waals surface area contributed by atoms with Crippen LogP contribution in [0.3, 0.4) is 0 Å². The van der Waals surface area contributed by atoms with Crippen LogP contribution >= 0.6 is 11.6 Å². The predicted octanol–water partition coefficient (Wildman–Crippen LogP) is 4.83. The minimum Gasteiger partial charge on any atom is -0.352 e. The lowest BCUT2D eigenvalue weighted by molar-refractivity contribution is -0.139. The first kappa shape index (κ1) is 29.2. The second kappa shape index (κ2) is 12.9. The monoisotopic (exact) mass is 555 g/mol. The smallest absolute Gasteiger partial charge is 0.264 e. The lowest BCUT2D eigenvalue weighted by Crippen LogP contribution is -2.53. The molecule has 0 saturated heterocycles. The van der Waals surface area contributed by atoms with Gasteiger partial charge in [-0.2, -0.15) is 0 Å². The van der Waals surface area contributed by atoms with Crippen molar-refractivity contribution in [3.05, 3.63) is 95.0 Å². The Morgan fingerprint density at radius 1 is 0.921 bits per heavy atom. The summed E-state index contributed by atoms with van der Waals surface area (Å²) >= 11 is 5.98. The third-order valence-electron chi connectivity index (χ3n) is 6.05. The van der Waals surface area contributed by atoms with Gasteiger partial charge in [-0.05, 0) is 81.6 Å². The van der Waals surface area contributed by atoms with Gasteiger partial charge in [-0.15, -0.1) is 0 Å². The summed E-state index contributed by atoms with van der Waals surface area (Å²) in [4.78, 5) is 28.2. The van der Waals surface area contributed by atoms with Crippen molar-refractivity contribution in [3.63, 3.8) is 0 Å². The van der Waals surface area contributed by atoms with Gasteiger partial charge in [0, 0.05) is 17.6 Å². The second-order valence-corrected chi connectivity index (χ2v) is 11.8. The van der Waals surface area contributed by atoms with Gasteiger partial charge in [-0.3, -0.25) is 13.9 Å². The summed E-state index contributed by atoms with van der Waals surface area (Å²) < 4.78 is 28.6. The van der Waals surface area contributed by atoms with Crippen molar-refractivity contribution in [1.82, 2.24) is 10.2 Å². The molecule has 1 atom stereocenters. The summed E-state index contributed by atoms with van der Waals surface area (Å²) in [5, 5.41) is 3.25. The Kier molecular flexibility index (Phi) is 9.94. The van der Waals surface area contributed by atoms with Crippen LogP contribution in [0.15, 0.2) is 83.8 Å². The molecule has 7 nitrogen and oxygen atoms in total. The van der Waals surface area contributed by atoms with Crippen LogP contribution in [-0.2, 0) is 26.0 Å². The Morgan fingerprint density at radius 3 is 2.18 bits per heavy atom. The summed E-state index contributed by atoms with van der Waals surface area (Å²) in [5.74, 6) is -0.782. The van der Waals surface area contributed by atoms with Gasteiger partial charge in [0.25, 0.3) is 10.0 Å². The number of benzene rings is 3. The molecule has 3 rings (SSSR count). The molecule has 0 fully saturated rings. The van der Waals surface area contributed by atoms with Crippen LogP contribution in [0.25, 0.3) is 0 Å². The topological polar surface area (TPSA) is 86.8 Å². The highest BCUT2D eigenvalue weighted by Gasteiger charge is 2.32. The predicted molar refractivity (Wildman–Crippen MR) is 152 cm³/mol. The van der Waals surface area contributed by atoms with E-state index in [9.17, 15) is 18.0 Å². The Morgan fingerprint density at radius 2 is 1.58 bits per heavy atom. The van der Waals surface area contributed by atoms with Gasteiger partial charge in [0.2, 0.25) is 11.8 Å². The maximum Gasteiger partial charge on any atom is 0.264 e. The number of nitrogens with one attached hydrogen (secondary N) is 1. The molecule has 2 amide bonds. The molecule has 3 aromatic carbocycles. The quantitative estimate of drug-likeness (QED) is 0.367. The van der Waals surface area contributed by atoms with E-state index < -0.39 is 28.5 Å². The molecule has 202 valence electrons. The fraction of sp³-hybridized carbons (Fsp3) is 0.310. The van der Waals surface area contributed by atoms with Crippen molar-refractivity contribution >= 4 is 39.1 Å². The Hall–Kier alpha value is -3.36. The van der Waals surface area contributed by atoms with E-state index in [2.05, 4.69) is 5.32 Å². The Bertz CT molecular complexity index is 1350. The molecular formula is C29H34ClN3O4S. The summed E-state index contributed by atoms with van der Waals surface area (Å²) in [6, 6.07) is 21.5. The molecule has 0 bridgehead atoms. The molecule has 0 spiro atoms. The van der Waals surface area contributed by atoms with Crippen LogP contribution in [0.2, 0.25) is 5.02 Å². The maximum absolute atomic E-state index is 13.8. The molecule has 0 unspecified atom stereocenters. The number of amides is 2. The molecule has 0 aliphatic carbocycles. The lowest BCUT2D eigenvalue weighted by atomic mass is 10.1. The normalized spacial score (nSPS) is 12.2. The molecule has 3 aromatic rings. The summed E-state index contributed by atoms with van der Waals surface area (Å²) in [6.45, 7) is 6.98. The van der Waals surface area contributed by atoms with E-state index in [1.807, 2.05) is 57.2 Å². The van der Waals surface area contributed by atoms with Gasteiger partial charge in [0.1, 0.15) is 12.6 Å². The number of aryl methyl sites for hydroxylation is 1. The zero-order valence-corrected chi connectivity index (χ0v) is 23.7. The maximum atomic E-state index is 13.8. The molecule has 0 aromatic heterocycles. The summed E-state index contributed by atoms with van der Waals surface area (Å²) in [7, 11) is -4.12. The van der Waals surface area contributed by atoms with Crippen molar-refractivity contribution < 1.29 is 18.0 Å². The molecule has 9 heteroatoms. The van der Waals surface area contributed by atoms with Crippen LogP contribution in [0.5, 0.6) is 0 Å². The SMILES string of the molecule is Cc1cccc(N(CC(=O)N(CCc2ccccc2)[C@@H](C)C(=O)NC(C)C)S(=O)(=O)c2ccc(Cl)cc2)c1. The van der Waals surface area contributed by atoms with Gasteiger partial charge in [0.15, 0.2) is 0 Å². The fourth-order valence-electron chi connectivity index (χ4n) is 4.02. The molecule has 0 heterocycles. The average molecular weight is 556 g/mol. The number of sulfonamides is 1. The third kappa shape index (κ3) is 7.58. The number of halogens is 1. The van der Waals surface area contributed by atoms with E-state index in [-0.39, 0.29) is 23.4 Å². The van der Waals surface area contributed by atoms with Gasteiger partial charge in [0.05, 0.1) is 10.6 Å². The zero-order valence-electron chi connectivity index (χ0n) is 22.1. The average Bonchev–Trinajstić information content (AvgIpc) is 2.87. The first-order valence-electron chi connectivity index (χ1n) is 12.5. The van der Waals surface area contributed by atoms with Crippen LogP contribution < -0.4 is 9.62 Å². The number of anilines is 1. The molecular weight excluding hydrogens is 522 g/mol. The van der Waals surface area contributed by atoms with Crippen LogP contribution in [0.4, 0.5) is 5.69 Å². The number of hydrogen-bond donors (Lipinski definition) is 1. The first-order chi connectivity index (χ1) is 18.0. The van der Waals surface area contributed by atoms with E-state index in [0.29, 0.717) is 17.1 Å². The van der Waals surface area contributed by atoms with Gasteiger partial charge in [-0.1, -0.05) is 54.1 Å². The first-order valence-corrected chi connectivity index (χ1v) is 14.3. The van der Waals surface area contributed by atoms with Crippen molar-refractivity contribution in [3.8, 4) is 0 Å².